The number of esters is 2. The number of phosphoric ester groups is 1. The van der Waals surface area contributed by atoms with Gasteiger partial charge in [-0.25, -0.2) is 9.36 Å². The topological polar surface area (TPSA) is 149 Å². The average molecular weight is 749 g/mol. The molecule has 0 aromatic rings. The summed E-state index contributed by atoms with van der Waals surface area (Å²) in [4.78, 5) is 34.8. The van der Waals surface area contributed by atoms with Gasteiger partial charge in [-0.2, -0.15) is 0 Å². The van der Waals surface area contributed by atoms with E-state index in [4.69, 9.17) is 19.1 Å². The molecule has 0 rings (SSSR count). The Kier molecular flexibility index (Phi) is 36.1. The molecule has 0 aliphatic heterocycles. The van der Waals surface area contributed by atoms with Crippen LogP contribution < -0.4 is 0 Å². The van der Waals surface area contributed by atoms with Crippen molar-refractivity contribution in [3.63, 3.8) is 0 Å². The van der Waals surface area contributed by atoms with Crippen LogP contribution in [0.25, 0.3) is 0 Å². The standard InChI is InChI=1S/C40H77O10P/c1-3-5-7-9-11-13-15-17-18-20-22-24-26-28-30-32-40(44)50-38(36-49-51(45,46)48-34-37(42)33-41)35-47-39(43)31-29-27-25-23-21-19-16-14-12-10-8-6-4-2/h30,32,37-38,41-42H,3-29,31,33-36H2,1-2H3,(H,45,46)/t37?,38-/m1/s1. The van der Waals surface area contributed by atoms with Crippen molar-refractivity contribution in [1.29, 1.82) is 0 Å². The van der Waals surface area contributed by atoms with Crippen LogP contribution in [0.4, 0.5) is 0 Å². The summed E-state index contributed by atoms with van der Waals surface area (Å²) in [7, 11) is -4.62. The molecule has 0 spiro atoms. The molecule has 0 aromatic heterocycles. The van der Waals surface area contributed by atoms with E-state index < -0.39 is 51.8 Å². The Morgan fingerprint density at radius 1 is 0.608 bits per heavy atom. The van der Waals surface area contributed by atoms with E-state index in [0.717, 1.165) is 38.5 Å². The molecule has 0 aliphatic rings. The highest BCUT2D eigenvalue weighted by atomic mass is 31.2. The minimum absolute atomic E-state index is 0.235. The summed E-state index contributed by atoms with van der Waals surface area (Å²) in [5, 5.41) is 18.3. The first-order valence-corrected chi connectivity index (χ1v) is 22.2. The number of aliphatic hydroxyl groups is 2. The Balaban J connectivity index is 4.36. The van der Waals surface area contributed by atoms with Gasteiger partial charge in [-0.3, -0.25) is 13.8 Å². The molecule has 2 unspecified atom stereocenters. The van der Waals surface area contributed by atoms with Gasteiger partial charge in [-0.05, 0) is 19.3 Å². The highest BCUT2D eigenvalue weighted by Crippen LogP contribution is 2.43. The summed E-state index contributed by atoms with van der Waals surface area (Å²) in [5.41, 5.74) is 0. The third kappa shape index (κ3) is 36.8. The summed E-state index contributed by atoms with van der Waals surface area (Å²) in [6, 6.07) is 0. The molecule has 0 saturated heterocycles. The van der Waals surface area contributed by atoms with Gasteiger partial charge in [0, 0.05) is 12.5 Å². The Morgan fingerprint density at radius 3 is 1.47 bits per heavy atom. The van der Waals surface area contributed by atoms with Crippen molar-refractivity contribution < 1.29 is 47.8 Å². The summed E-state index contributed by atoms with van der Waals surface area (Å²) < 4.78 is 32.5. The summed E-state index contributed by atoms with van der Waals surface area (Å²) in [6.45, 7) is 2.31. The van der Waals surface area contributed by atoms with Crippen LogP contribution in [0, 0.1) is 0 Å². The van der Waals surface area contributed by atoms with Crippen molar-refractivity contribution in [2.45, 2.75) is 206 Å². The van der Waals surface area contributed by atoms with Crippen molar-refractivity contribution in [2.24, 2.45) is 0 Å². The second kappa shape index (κ2) is 37.0. The predicted octanol–water partition coefficient (Wildman–Crippen LogP) is 10.4. The van der Waals surface area contributed by atoms with E-state index in [1.165, 1.54) is 134 Å². The van der Waals surface area contributed by atoms with Gasteiger partial charge in [0.15, 0.2) is 6.10 Å². The van der Waals surface area contributed by atoms with Crippen molar-refractivity contribution in [1.82, 2.24) is 0 Å². The van der Waals surface area contributed by atoms with Gasteiger partial charge in [0.1, 0.15) is 12.7 Å². The highest BCUT2D eigenvalue weighted by molar-refractivity contribution is 7.47. The van der Waals surface area contributed by atoms with Crippen molar-refractivity contribution in [3.05, 3.63) is 12.2 Å². The predicted molar refractivity (Wildman–Crippen MR) is 205 cm³/mol. The number of ether oxygens (including phenoxy) is 2. The molecule has 0 aliphatic carbocycles. The SMILES string of the molecule is CCCCCCCCCCCCCCCC=CC(=O)O[C@H](COC(=O)CCCCCCCCCCCCCCC)COP(=O)(O)OCC(O)CO. The van der Waals surface area contributed by atoms with Crippen molar-refractivity contribution in [3.8, 4) is 0 Å². The minimum atomic E-state index is -4.62. The average Bonchev–Trinajstić information content (AvgIpc) is 3.12. The lowest BCUT2D eigenvalue weighted by Gasteiger charge is -2.19. The quantitative estimate of drug-likeness (QED) is 0.0240. The molecule has 51 heavy (non-hydrogen) atoms. The van der Waals surface area contributed by atoms with Gasteiger partial charge in [-0.1, -0.05) is 174 Å². The van der Waals surface area contributed by atoms with E-state index in [0.29, 0.717) is 6.42 Å². The maximum atomic E-state index is 12.5. The number of phosphoric acid groups is 1. The molecule has 0 fully saturated rings. The Labute approximate surface area is 311 Å². The lowest BCUT2D eigenvalue weighted by atomic mass is 10.0. The molecule has 0 saturated carbocycles. The number of allylic oxidation sites excluding steroid dienone is 1. The van der Waals surface area contributed by atoms with Gasteiger partial charge in [-0.15, -0.1) is 0 Å². The fourth-order valence-corrected chi connectivity index (χ4v) is 6.56. The molecule has 0 aromatic carbocycles. The zero-order valence-corrected chi connectivity index (χ0v) is 33.5. The van der Waals surface area contributed by atoms with Crippen LogP contribution >= 0.6 is 7.82 Å². The summed E-state index contributed by atoms with van der Waals surface area (Å²) >= 11 is 0. The van der Waals surface area contributed by atoms with Crippen LogP contribution in [0.1, 0.15) is 194 Å². The van der Waals surface area contributed by atoms with Crippen LogP contribution in [-0.4, -0.2) is 65.7 Å². The van der Waals surface area contributed by atoms with E-state index in [1.54, 1.807) is 6.08 Å². The number of rotatable bonds is 39. The molecular weight excluding hydrogens is 671 g/mol. The van der Waals surface area contributed by atoms with Gasteiger partial charge in [0.05, 0.1) is 19.8 Å². The highest BCUT2D eigenvalue weighted by Gasteiger charge is 2.26. The number of carbonyl (C=O) groups excluding carboxylic acids is 2. The van der Waals surface area contributed by atoms with E-state index in [-0.39, 0.29) is 13.0 Å². The first-order valence-electron chi connectivity index (χ1n) is 20.7. The van der Waals surface area contributed by atoms with Crippen LogP contribution in [-0.2, 0) is 32.7 Å². The zero-order valence-electron chi connectivity index (χ0n) is 32.6. The Morgan fingerprint density at radius 2 is 1.02 bits per heavy atom. The third-order valence-electron chi connectivity index (χ3n) is 8.99. The second-order valence-corrected chi connectivity index (χ2v) is 15.5. The van der Waals surface area contributed by atoms with E-state index in [9.17, 15) is 24.2 Å². The summed E-state index contributed by atoms with van der Waals surface area (Å²) in [6.07, 6.45) is 33.7. The Hall–Kier alpha value is -1.29. The molecule has 11 heteroatoms. The molecule has 3 N–H and O–H groups in total. The number of hydrogen-bond acceptors (Lipinski definition) is 9. The van der Waals surface area contributed by atoms with Crippen LogP contribution in [0.3, 0.4) is 0 Å². The van der Waals surface area contributed by atoms with Gasteiger partial charge in [0.2, 0.25) is 0 Å². The second-order valence-electron chi connectivity index (χ2n) is 14.1. The van der Waals surface area contributed by atoms with Gasteiger partial charge >= 0.3 is 19.8 Å². The van der Waals surface area contributed by atoms with Gasteiger partial charge < -0.3 is 24.6 Å². The monoisotopic (exact) mass is 749 g/mol. The fraction of sp³-hybridized carbons (Fsp3) is 0.900. The molecule has 0 amide bonds. The number of aliphatic hydroxyl groups excluding tert-OH is 2. The largest absolute Gasteiger partial charge is 0.472 e. The molecule has 3 atom stereocenters. The van der Waals surface area contributed by atoms with Crippen LogP contribution in [0.5, 0.6) is 0 Å². The third-order valence-corrected chi connectivity index (χ3v) is 9.94. The van der Waals surface area contributed by atoms with Crippen LogP contribution in [0.15, 0.2) is 12.2 Å². The maximum absolute atomic E-state index is 12.5. The van der Waals surface area contributed by atoms with Crippen molar-refractivity contribution >= 4 is 19.8 Å². The first-order chi connectivity index (χ1) is 24.7. The number of carbonyl (C=O) groups is 2. The lowest BCUT2D eigenvalue weighted by Crippen LogP contribution is -2.29. The van der Waals surface area contributed by atoms with Crippen molar-refractivity contribution in [2.75, 3.05) is 26.4 Å². The normalized spacial score (nSPS) is 14.1. The van der Waals surface area contributed by atoms with E-state index >= 15 is 0 Å². The Bertz CT molecular complexity index is 868. The maximum Gasteiger partial charge on any atom is 0.472 e. The van der Waals surface area contributed by atoms with Crippen LogP contribution in [0.2, 0.25) is 0 Å². The van der Waals surface area contributed by atoms with E-state index in [2.05, 4.69) is 18.4 Å². The number of unbranched alkanes of at least 4 members (excludes halogenated alkanes) is 25. The molecule has 0 heterocycles. The molecule has 0 radical (unpaired) electrons. The molecule has 10 nitrogen and oxygen atoms in total. The smallest absolute Gasteiger partial charge is 0.462 e. The fourth-order valence-electron chi connectivity index (χ4n) is 5.77. The zero-order chi connectivity index (χ0) is 37.7. The van der Waals surface area contributed by atoms with E-state index in [1.807, 2.05) is 0 Å². The molecule has 302 valence electrons. The molecular formula is C40H77O10P. The first kappa shape index (κ1) is 49.7. The summed E-state index contributed by atoms with van der Waals surface area (Å²) in [5.74, 6) is -1.11. The number of hydrogen-bond donors (Lipinski definition) is 3. The van der Waals surface area contributed by atoms with Gasteiger partial charge in [0.25, 0.3) is 0 Å². The minimum Gasteiger partial charge on any atom is -0.462 e. The lowest BCUT2D eigenvalue weighted by molar-refractivity contribution is -0.157. The molecule has 0 bridgehead atoms.